The number of amides is 1. The second-order valence-corrected chi connectivity index (χ2v) is 4.66. The zero-order valence-electron chi connectivity index (χ0n) is 7.96. The second kappa shape index (κ2) is 4.00. The summed E-state index contributed by atoms with van der Waals surface area (Å²) >= 11 is 1.69. The fraction of sp³-hybridized carbons (Fsp3) is 0.750. The van der Waals surface area contributed by atoms with Gasteiger partial charge in [0.1, 0.15) is 0 Å². The molecule has 0 radical (unpaired) electrons. The van der Waals surface area contributed by atoms with Crippen molar-refractivity contribution < 1.29 is 4.79 Å². The van der Waals surface area contributed by atoms with Gasteiger partial charge in [-0.3, -0.25) is 9.79 Å². The van der Waals surface area contributed by atoms with Crippen molar-refractivity contribution in [2.75, 3.05) is 12.3 Å². The van der Waals surface area contributed by atoms with Crippen LogP contribution in [-0.2, 0) is 4.79 Å². The van der Waals surface area contributed by atoms with Crippen molar-refractivity contribution in [1.29, 1.82) is 0 Å². The van der Waals surface area contributed by atoms with Gasteiger partial charge in [0.05, 0.1) is 6.54 Å². The van der Waals surface area contributed by atoms with Gasteiger partial charge in [0.15, 0.2) is 5.17 Å². The van der Waals surface area contributed by atoms with Gasteiger partial charge >= 0.3 is 0 Å². The second-order valence-electron chi connectivity index (χ2n) is 3.70. The van der Waals surface area contributed by atoms with Crippen molar-refractivity contribution in [3.63, 3.8) is 0 Å². The zero-order valence-corrected chi connectivity index (χ0v) is 8.78. The van der Waals surface area contributed by atoms with Gasteiger partial charge in [-0.1, -0.05) is 11.8 Å². The number of carbonyl (C=O) groups excluding carboxylic acids is 1. The highest BCUT2D eigenvalue weighted by atomic mass is 32.2. The lowest BCUT2D eigenvalue weighted by atomic mass is 10.1. The summed E-state index contributed by atoms with van der Waals surface area (Å²) in [4.78, 5) is 14.7. The topological polar surface area (TPSA) is 67.5 Å². The maximum absolute atomic E-state index is 10.4. The molecule has 1 saturated heterocycles. The minimum absolute atomic E-state index is 0.121. The molecule has 3 N–H and O–H groups in total. The highest BCUT2D eigenvalue weighted by Gasteiger charge is 2.26. The number of thioether (sulfide) groups is 1. The molecule has 0 unspecified atom stereocenters. The molecule has 0 aromatic rings. The number of nitrogens with two attached hydrogens (primary N) is 1. The number of amidine groups is 1. The van der Waals surface area contributed by atoms with Gasteiger partial charge in [0.25, 0.3) is 0 Å². The average molecular weight is 201 g/mol. The smallest absolute Gasteiger partial charge is 0.219 e. The van der Waals surface area contributed by atoms with Crippen LogP contribution in [-0.4, -0.2) is 28.9 Å². The fourth-order valence-corrected chi connectivity index (χ4v) is 2.06. The SMILES string of the molecule is CC1(C)CSC(=NCCC(N)=O)N1. The number of aliphatic imine (C=N–C) groups is 1. The molecule has 0 aromatic carbocycles. The van der Waals surface area contributed by atoms with Crippen molar-refractivity contribution in [2.24, 2.45) is 10.7 Å². The van der Waals surface area contributed by atoms with Crippen LogP contribution in [0.25, 0.3) is 0 Å². The van der Waals surface area contributed by atoms with Crippen molar-refractivity contribution >= 4 is 22.8 Å². The summed E-state index contributed by atoms with van der Waals surface area (Å²) in [6, 6.07) is 0. The molecule has 0 atom stereocenters. The summed E-state index contributed by atoms with van der Waals surface area (Å²) in [5.41, 5.74) is 5.12. The molecule has 0 saturated carbocycles. The van der Waals surface area contributed by atoms with Gasteiger partial charge in [-0.2, -0.15) is 0 Å². The molecular formula is C8H15N3OS. The molecule has 1 heterocycles. The van der Waals surface area contributed by atoms with E-state index in [9.17, 15) is 4.79 Å². The minimum atomic E-state index is -0.299. The Kier molecular flexibility index (Phi) is 3.19. The summed E-state index contributed by atoms with van der Waals surface area (Å²) in [6.45, 7) is 4.73. The van der Waals surface area contributed by atoms with Crippen molar-refractivity contribution in [3.8, 4) is 0 Å². The maximum Gasteiger partial charge on any atom is 0.219 e. The number of carbonyl (C=O) groups is 1. The maximum atomic E-state index is 10.4. The van der Waals surface area contributed by atoms with Crippen LogP contribution in [0.5, 0.6) is 0 Å². The van der Waals surface area contributed by atoms with Crippen LogP contribution >= 0.6 is 11.8 Å². The first-order chi connectivity index (χ1) is 5.99. The summed E-state index contributed by atoms with van der Waals surface area (Å²) in [7, 11) is 0. The predicted molar refractivity (Wildman–Crippen MR) is 55.8 cm³/mol. The fourth-order valence-electron chi connectivity index (χ4n) is 0.963. The number of hydrogen-bond acceptors (Lipinski definition) is 3. The molecule has 1 rings (SSSR count). The molecule has 1 amide bonds. The lowest BCUT2D eigenvalue weighted by Gasteiger charge is -2.15. The summed E-state index contributed by atoms with van der Waals surface area (Å²) in [5.74, 6) is 0.717. The normalized spacial score (nSPS) is 23.1. The van der Waals surface area contributed by atoms with Crippen LogP contribution in [0.4, 0.5) is 0 Å². The Bertz CT molecular complexity index is 238. The molecule has 1 fully saturated rings. The van der Waals surface area contributed by atoms with Gasteiger partial charge in [-0.25, -0.2) is 0 Å². The molecule has 0 spiro atoms. The predicted octanol–water partition coefficient (Wildman–Crippen LogP) is 0.333. The van der Waals surface area contributed by atoms with Crippen molar-refractivity contribution in [1.82, 2.24) is 5.32 Å². The van der Waals surface area contributed by atoms with Gasteiger partial charge in [0, 0.05) is 17.7 Å². The third kappa shape index (κ3) is 3.67. The molecule has 1 aliphatic heterocycles. The number of hydrogen-bond donors (Lipinski definition) is 2. The number of nitrogens with zero attached hydrogens (tertiary/aromatic N) is 1. The van der Waals surface area contributed by atoms with E-state index in [1.807, 2.05) is 0 Å². The Hall–Kier alpha value is -0.710. The molecule has 0 bridgehead atoms. The van der Waals surface area contributed by atoms with E-state index in [1.165, 1.54) is 0 Å². The van der Waals surface area contributed by atoms with Crippen LogP contribution in [0.1, 0.15) is 20.3 Å². The number of nitrogens with one attached hydrogen (secondary N) is 1. The van der Waals surface area contributed by atoms with E-state index in [0.29, 0.717) is 13.0 Å². The van der Waals surface area contributed by atoms with Crippen molar-refractivity contribution in [2.45, 2.75) is 25.8 Å². The first-order valence-corrected chi connectivity index (χ1v) is 5.22. The third-order valence-electron chi connectivity index (χ3n) is 1.63. The summed E-state index contributed by atoms with van der Waals surface area (Å²) in [5, 5.41) is 4.19. The first-order valence-electron chi connectivity index (χ1n) is 4.23. The Balaban J connectivity index is 2.33. The lowest BCUT2D eigenvalue weighted by Crippen LogP contribution is -2.37. The number of primary amides is 1. The van der Waals surface area contributed by atoms with Gasteiger partial charge in [-0.05, 0) is 13.8 Å². The Morgan fingerprint density at radius 2 is 2.46 bits per heavy atom. The molecule has 5 heteroatoms. The minimum Gasteiger partial charge on any atom is -0.370 e. The van der Waals surface area contributed by atoms with E-state index < -0.39 is 0 Å². The first kappa shape index (κ1) is 10.4. The van der Waals surface area contributed by atoms with Crippen LogP contribution in [0.15, 0.2) is 4.99 Å². The van der Waals surface area contributed by atoms with Gasteiger partial charge in [-0.15, -0.1) is 0 Å². The van der Waals surface area contributed by atoms with Crippen molar-refractivity contribution in [3.05, 3.63) is 0 Å². The largest absolute Gasteiger partial charge is 0.370 e. The van der Waals surface area contributed by atoms with Crippen LogP contribution in [0, 0.1) is 0 Å². The van der Waals surface area contributed by atoms with E-state index in [0.717, 1.165) is 10.9 Å². The van der Waals surface area contributed by atoms with E-state index in [-0.39, 0.29) is 11.4 Å². The van der Waals surface area contributed by atoms with Gasteiger partial charge in [0.2, 0.25) is 5.91 Å². The standard InChI is InChI=1S/C8H15N3OS/c1-8(2)5-13-7(11-8)10-4-3-6(9)12/h3-5H2,1-2H3,(H2,9,12)(H,10,11). The van der Waals surface area contributed by atoms with E-state index >= 15 is 0 Å². The van der Waals surface area contributed by atoms with Gasteiger partial charge < -0.3 is 11.1 Å². The van der Waals surface area contributed by atoms with E-state index in [1.54, 1.807) is 11.8 Å². The molecule has 74 valence electrons. The Morgan fingerprint density at radius 1 is 1.77 bits per heavy atom. The average Bonchev–Trinajstić information content (AvgIpc) is 2.29. The highest BCUT2D eigenvalue weighted by molar-refractivity contribution is 8.14. The van der Waals surface area contributed by atoms with Crippen LogP contribution < -0.4 is 11.1 Å². The molecule has 0 aromatic heterocycles. The quantitative estimate of drug-likeness (QED) is 0.691. The molecular weight excluding hydrogens is 186 g/mol. The molecule has 1 aliphatic rings. The monoisotopic (exact) mass is 201 g/mol. The molecule has 0 aliphatic carbocycles. The Labute approximate surface area is 82.4 Å². The van der Waals surface area contributed by atoms with Crippen LogP contribution in [0.2, 0.25) is 0 Å². The molecule has 13 heavy (non-hydrogen) atoms. The Morgan fingerprint density at radius 3 is 2.92 bits per heavy atom. The van der Waals surface area contributed by atoms with E-state index in [2.05, 4.69) is 24.2 Å². The van der Waals surface area contributed by atoms with E-state index in [4.69, 9.17) is 5.73 Å². The number of rotatable bonds is 3. The summed E-state index contributed by atoms with van der Waals surface area (Å²) in [6.07, 6.45) is 0.326. The lowest BCUT2D eigenvalue weighted by molar-refractivity contribution is -0.117. The summed E-state index contributed by atoms with van der Waals surface area (Å²) < 4.78 is 0. The highest BCUT2D eigenvalue weighted by Crippen LogP contribution is 2.21. The zero-order chi connectivity index (χ0) is 9.90. The third-order valence-corrected chi connectivity index (χ3v) is 3.00. The van der Waals surface area contributed by atoms with Crippen LogP contribution in [0.3, 0.4) is 0 Å². The molecule has 4 nitrogen and oxygen atoms in total.